The van der Waals surface area contributed by atoms with Crippen LogP contribution in [0.2, 0.25) is 0 Å². The highest BCUT2D eigenvalue weighted by Crippen LogP contribution is 2.58. The molecule has 4 bridgehead atoms. The Labute approximate surface area is 108 Å². The van der Waals surface area contributed by atoms with Crippen LogP contribution in [0.15, 0.2) is 18.6 Å². The van der Waals surface area contributed by atoms with E-state index in [-0.39, 0.29) is 6.04 Å². The summed E-state index contributed by atoms with van der Waals surface area (Å²) in [5.41, 5.74) is 7.51. The molecule has 1 atom stereocenters. The summed E-state index contributed by atoms with van der Waals surface area (Å²) in [4.78, 5) is 8.60. The van der Waals surface area contributed by atoms with E-state index in [0.29, 0.717) is 5.92 Å². The molecule has 3 heteroatoms. The zero-order valence-corrected chi connectivity index (χ0v) is 10.7. The van der Waals surface area contributed by atoms with Gasteiger partial charge in [-0.1, -0.05) is 0 Å². The Hall–Kier alpha value is -0.960. The second-order valence-electron chi connectivity index (χ2n) is 6.66. The predicted molar refractivity (Wildman–Crippen MR) is 69.5 cm³/mol. The van der Waals surface area contributed by atoms with Gasteiger partial charge in [0.15, 0.2) is 0 Å². The van der Waals surface area contributed by atoms with Crippen LogP contribution in [0.1, 0.15) is 43.8 Å². The van der Waals surface area contributed by atoms with Gasteiger partial charge in [0.2, 0.25) is 0 Å². The summed E-state index contributed by atoms with van der Waals surface area (Å²) in [6.07, 6.45) is 12.5. The van der Waals surface area contributed by atoms with Crippen molar-refractivity contribution < 1.29 is 0 Å². The van der Waals surface area contributed by atoms with Gasteiger partial charge in [-0.3, -0.25) is 9.97 Å². The molecule has 0 aliphatic heterocycles. The Kier molecular flexibility index (Phi) is 2.44. The van der Waals surface area contributed by atoms with Gasteiger partial charge in [0, 0.05) is 18.6 Å². The van der Waals surface area contributed by atoms with E-state index in [9.17, 15) is 0 Å². The third-order valence-electron chi connectivity index (χ3n) is 5.64. The molecule has 4 aliphatic rings. The van der Waals surface area contributed by atoms with Gasteiger partial charge in [0.1, 0.15) is 0 Å². The molecule has 0 spiro atoms. The van der Waals surface area contributed by atoms with Crippen LogP contribution in [0, 0.1) is 29.6 Å². The molecule has 3 nitrogen and oxygen atoms in total. The molecule has 1 aromatic heterocycles. The highest BCUT2D eigenvalue weighted by molar-refractivity contribution is 5.09. The van der Waals surface area contributed by atoms with Gasteiger partial charge >= 0.3 is 0 Å². The normalized spacial score (nSPS) is 43.1. The molecule has 0 radical (unpaired) electrons. The molecule has 4 aliphatic carbocycles. The van der Waals surface area contributed by atoms with Crippen LogP contribution < -0.4 is 5.73 Å². The molecular weight excluding hydrogens is 222 g/mol. The van der Waals surface area contributed by atoms with Gasteiger partial charge in [-0.15, -0.1) is 0 Å². The van der Waals surface area contributed by atoms with Gasteiger partial charge in [-0.25, -0.2) is 0 Å². The Balaban J connectivity index is 1.61. The van der Waals surface area contributed by atoms with Gasteiger partial charge in [0.05, 0.1) is 11.7 Å². The number of aromatic nitrogens is 2. The summed E-state index contributed by atoms with van der Waals surface area (Å²) in [7, 11) is 0. The summed E-state index contributed by atoms with van der Waals surface area (Å²) in [6.45, 7) is 0. The SMILES string of the molecule is NC(c1cnccn1)C1C2CC3CC(C2)CC1C3. The first-order chi connectivity index (χ1) is 8.81. The van der Waals surface area contributed by atoms with Crippen molar-refractivity contribution in [2.45, 2.75) is 38.1 Å². The number of nitrogens with two attached hydrogens (primary N) is 1. The highest BCUT2D eigenvalue weighted by Gasteiger charge is 2.50. The van der Waals surface area contributed by atoms with E-state index in [1.54, 1.807) is 12.4 Å². The monoisotopic (exact) mass is 243 g/mol. The van der Waals surface area contributed by atoms with Gasteiger partial charge in [-0.2, -0.15) is 0 Å². The first kappa shape index (κ1) is 10.9. The molecule has 96 valence electrons. The maximum atomic E-state index is 6.52. The Bertz CT molecular complexity index is 403. The van der Waals surface area contributed by atoms with Crippen molar-refractivity contribution in [2.24, 2.45) is 35.3 Å². The molecule has 5 rings (SSSR count). The number of hydrogen-bond donors (Lipinski definition) is 1. The minimum atomic E-state index is 0.105. The van der Waals surface area contributed by atoms with E-state index in [1.165, 1.54) is 32.1 Å². The standard InChI is InChI=1S/C15H21N3/c16-15(13-8-17-1-2-18-13)14-11-4-9-3-10(6-11)7-12(14)5-9/h1-2,8-12,14-15H,3-7,16H2. The topological polar surface area (TPSA) is 51.8 Å². The average molecular weight is 243 g/mol. The molecule has 0 saturated heterocycles. The number of rotatable bonds is 2. The first-order valence-corrected chi connectivity index (χ1v) is 7.32. The van der Waals surface area contributed by atoms with Crippen LogP contribution in [-0.2, 0) is 0 Å². The number of hydrogen-bond acceptors (Lipinski definition) is 3. The molecule has 1 unspecified atom stereocenters. The minimum Gasteiger partial charge on any atom is -0.322 e. The fourth-order valence-corrected chi connectivity index (χ4v) is 5.23. The highest BCUT2D eigenvalue weighted by atomic mass is 14.8. The van der Waals surface area contributed by atoms with Crippen molar-refractivity contribution in [3.05, 3.63) is 24.3 Å². The zero-order valence-electron chi connectivity index (χ0n) is 10.7. The summed E-state index contributed by atoms with van der Waals surface area (Å²) in [6, 6.07) is 0.105. The zero-order chi connectivity index (χ0) is 12.1. The van der Waals surface area contributed by atoms with E-state index in [2.05, 4.69) is 9.97 Å². The van der Waals surface area contributed by atoms with E-state index in [4.69, 9.17) is 5.73 Å². The minimum absolute atomic E-state index is 0.105. The van der Waals surface area contributed by atoms with Crippen LogP contribution in [0.5, 0.6) is 0 Å². The van der Waals surface area contributed by atoms with E-state index >= 15 is 0 Å². The van der Waals surface area contributed by atoms with Crippen LogP contribution in [0.3, 0.4) is 0 Å². The Morgan fingerprint density at radius 1 is 1.00 bits per heavy atom. The largest absolute Gasteiger partial charge is 0.322 e. The summed E-state index contributed by atoms with van der Waals surface area (Å²) >= 11 is 0. The fourth-order valence-electron chi connectivity index (χ4n) is 5.23. The summed E-state index contributed by atoms with van der Waals surface area (Å²) in [5.74, 6) is 4.40. The van der Waals surface area contributed by atoms with Gasteiger partial charge < -0.3 is 5.73 Å². The fraction of sp³-hybridized carbons (Fsp3) is 0.733. The van der Waals surface area contributed by atoms with E-state index in [0.717, 1.165) is 29.4 Å². The van der Waals surface area contributed by atoms with Crippen LogP contribution in [-0.4, -0.2) is 9.97 Å². The van der Waals surface area contributed by atoms with Crippen molar-refractivity contribution in [1.82, 2.24) is 9.97 Å². The van der Waals surface area contributed by atoms with Crippen molar-refractivity contribution in [3.8, 4) is 0 Å². The van der Waals surface area contributed by atoms with Crippen molar-refractivity contribution in [2.75, 3.05) is 0 Å². The molecular formula is C15H21N3. The van der Waals surface area contributed by atoms with Crippen molar-refractivity contribution in [3.63, 3.8) is 0 Å². The van der Waals surface area contributed by atoms with E-state index in [1.807, 2.05) is 6.20 Å². The predicted octanol–water partition coefficient (Wildman–Crippen LogP) is 2.55. The molecule has 4 fully saturated rings. The molecule has 2 N–H and O–H groups in total. The maximum absolute atomic E-state index is 6.52. The molecule has 1 heterocycles. The van der Waals surface area contributed by atoms with Crippen LogP contribution >= 0.6 is 0 Å². The molecule has 18 heavy (non-hydrogen) atoms. The molecule has 1 aromatic rings. The number of nitrogens with zero attached hydrogens (tertiary/aromatic N) is 2. The second-order valence-corrected chi connectivity index (χ2v) is 6.66. The maximum Gasteiger partial charge on any atom is 0.0756 e. The smallest absolute Gasteiger partial charge is 0.0756 e. The van der Waals surface area contributed by atoms with Gasteiger partial charge in [-0.05, 0) is 61.7 Å². The van der Waals surface area contributed by atoms with Crippen LogP contribution in [0.4, 0.5) is 0 Å². The average Bonchev–Trinajstić information content (AvgIpc) is 2.38. The summed E-state index contributed by atoms with van der Waals surface area (Å²) < 4.78 is 0. The molecule has 0 amide bonds. The quantitative estimate of drug-likeness (QED) is 0.868. The lowest BCUT2D eigenvalue weighted by atomic mass is 9.50. The molecule has 0 aromatic carbocycles. The Morgan fingerprint density at radius 3 is 2.22 bits per heavy atom. The lowest BCUT2D eigenvalue weighted by Gasteiger charge is -2.55. The summed E-state index contributed by atoms with van der Waals surface area (Å²) in [5, 5.41) is 0. The second kappa shape index (κ2) is 4.02. The van der Waals surface area contributed by atoms with Crippen molar-refractivity contribution in [1.29, 1.82) is 0 Å². The Morgan fingerprint density at radius 2 is 1.67 bits per heavy atom. The lowest BCUT2D eigenvalue weighted by Crippen LogP contribution is -2.48. The lowest BCUT2D eigenvalue weighted by molar-refractivity contribution is -0.0477. The first-order valence-electron chi connectivity index (χ1n) is 7.32. The van der Waals surface area contributed by atoms with E-state index < -0.39 is 0 Å². The third-order valence-corrected chi connectivity index (χ3v) is 5.64. The van der Waals surface area contributed by atoms with Gasteiger partial charge in [0.25, 0.3) is 0 Å². The van der Waals surface area contributed by atoms with Crippen molar-refractivity contribution >= 4 is 0 Å². The molecule has 4 saturated carbocycles. The third kappa shape index (κ3) is 1.60. The van der Waals surface area contributed by atoms with Crippen LogP contribution in [0.25, 0.3) is 0 Å².